The molecule has 0 spiro atoms. The Morgan fingerprint density at radius 1 is 1.07 bits per heavy atom. The van der Waals surface area contributed by atoms with Gasteiger partial charge in [-0.2, -0.15) is 0 Å². The van der Waals surface area contributed by atoms with Crippen LogP contribution in [0.1, 0.15) is 16.7 Å². The van der Waals surface area contributed by atoms with E-state index in [1.807, 2.05) is 30.3 Å². The normalized spacial score (nSPS) is 10.9. The lowest BCUT2D eigenvalue weighted by atomic mass is 9.97. The van der Waals surface area contributed by atoms with E-state index in [9.17, 15) is 4.79 Å². The smallest absolute Gasteiger partial charge is 0.267 e. The number of carbonyl (C=O) groups excluding carboxylic acids is 1. The summed E-state index contributed by atoms with van der Waals surface area (Å²) in [5, 5.41) is 9.56. The Kier molecular flexibility index (Phi) is 5.90. The molecule has 1 aromatic heterocycles. The zero-order valence-corrected chi connectivity index (χ0v) is 16.4. The molecular formula is C22H22N2O5. The monoisotopic (exact) mass is 394 g/mol. The van der Waals surface area contributed by atoms with E-state index in [0.29, 0.717) is 17.2 Å². The Balaban J connectivity index is 2.03. The van der Waals surface area contributed by atoms with Crippen LogP contribution in [0.2, 0.25) is 0 Å². The maximum Gasteiger partial charge on any atom is 0.267 e. The van der Waals surface area contributed by atoms with Crippen LogP contribution in [-0.4, -0.2) is 37.4 Å². The molecule has 0 aliphatic carbocycles. The van der Waals surface area contributed by atoms with Crippen molar-refractivity contribution in [2.24, 2.45) is 0 Å². The molecule has 1 heterocycles. The van der Waals surface area contributed by atoms with Gasteiger partial charge in [0.2, 0.25) is 5.75 Å². The van der Waals surface area contributed by atoms with Crippen molar-refractivity contribution in [1.82, 2.24) is 10.5 Å². The summed E-state index contributed by atoms with van der Waals surface area (Å²) in [6.07, 6.45) is 4.66. The Labute approximate surface area is 168 Å². The molecule has 0 aliphatic rings. The van der Waals surface area contributed by atoms with Gasteiger partial charge in [0.1, 0.15) is 0 Å². The van der Waals surface area contributed by atoms with E-state index in [0.717, 1.165) is 33.2 Å². The lowest BCUT2D eigenvalue weighted by Gasteiger charge is -2.15. The van der Waals surface area contributed by atoms with Gasteiger partial charge in [0.05, 0.1) is 21.3 Å². The highest BCUT2D eigenvalue weighted by Crippen LogP contribution is 2.41. The van der Waals surface area contributed by atoms with Crippen LogP contribution in [0.4, 0.5) is 0 Å². The fraction of sp³-hybridized carbons (Fsp3) is 0.136. The van der Waals surface area contributed by atoms with Crippen molar-refractivity contribution in [3.05, 3.63) is 65.9 Å². The first kappa shape index (κ1) is 20.0. The number of methoxy groups -OCH3 is 3. The molecule has 0 fully saturated rings. The summed E-state index contributed by atoms with van der Waals surface area (Å²) in [4.78, 5) is 14.4. The number of ether oxygens (including phenoxy) is 3. The van der Waals surface area contributed by atoms with E-state index in [1.165, 1.54) is 6.08 Å². The molecule has 0 saturated carbocycles. The highest BCUT2D eigenvalue weighted by atomic mass is 16.5. The number of rotatable bonds is 7. The standard InChI is InChI=1S/C22H22N2O5/c1-13(16-10-19(27-2)22(29-4)20(11-16)28-3)14-5-7-18-17(9-14)15(12-23-18)6-8-21(25)24-26/h5-12,23,26H,1H2,2-4H3,(H,24,25)/b8-6+. The number of carbonyl (C=O) groups is 1. The molecule has 0 unspecified atom stereocenters. The Morgan fingerprint density at radius 2 is 1.76 bits per heavy atom. The topological polar surface area (TPSA) is 92.8 Å². The van der Waals surface area contributed by atoms with Gasteiger partial charge in [-0.25, -0.2) is 5.48 Å². The molecule has 0 radical (unpaired) electrons. The number of benzene rings is 2. The van der Waals surface area contributed by atoms with Crippen LogP contribution in [0, 0.1) is 0 Å². The van der Waals surface area contributed by atoms with Crippen molar-refractivity contribution in [3.8, 4) is 17.2 Å². The second kappa shape index (κ2) is 8.53. The lowest BCUT2D eigenvalue weighted by molar-refractivity contribution is -0.124. The molecule has 0 aliphatic heterocycles. The fourth-order valence-corrected chi connectivity index (χ4v) is 3.09. The maximum absolute atomic E-state index is 11.3. The number of H-pyrrole nitrogens is 1. The molecule has 0 saturated heterocycles. The lowest BCUT2D eigenvalue weighted by Crippen LogP contribution is -2.14. The molecule has 29 heavy (non-hydrogen) atoms. The van der Waals surface area contributed by atoms with Crippen LogP contribution in [0.25, 0.3) is 22.6 Å². The third kappa shape index (κ3) is 3.95. The van der Waals surface area contributed by atoms with Crippen molar-refractivity contribution in [1.29, 1.82) is 0 Å². The number of aromatic nitrogens is 1. The first-order chi connectivity index (χ1) is 14.0. The number of aromatic amines is 1. The largest absolute Gasteiger partial charge is 0.493 e. The number of amides is 1. The number of hydrogen-bond donors (Lipinski definition) is 3. The van der Waals surface area contributed by atoms with Gasteiger partial charge in [-0.3, -0.25) is 10.0 Å². The van der Waals surface area contributed by atoms with Crippen molar-refractivity contribution in [2.45, 2.75) is 0 Å². The molecule has 7 nitrogen and oxygen atoms in total. The number of fused-ring (bicyclic) bond motifs is 1. The first-order valence-electron chi connectivity index (χ1n) is 8.75. The Bertz CT molecular complexity index is 1070. The van der Waals surface area contributed by atoms with E-state index < -0.39 is 5.91 Å². The van der Waals surface area contributed by atoms with Crippen LogP contribution in [0.3, 0.4) is 0 Å². The Hall–Kier alpha value is -3.71. The average Bonchev–Trinajstić information content (AvgIpc) is 3.17. The molecule has 3 aromatic rings. The van der Waals surface area contributed by atoms with Crippen LogP contribution < -0.4 is 19.7 Å². The second-order valence-electron chi connectivity index (χ2n) is 6.21. The van der Waals surface area contributed by atoms with Gasteiger partial charge in [0.25, 0.3) is 5.91 Å². The van der Waals surface area contributed by atoms with Crippen LogP contribution in [0.15, 0.2) is 49.2 Å². The SMILES string of the molecule is C=C(c1cc(OC)c(OC)c(OC)c1)c1ccc2[nH]cc(/C=C/C(=O)NO)c2c1. The van der Waals surface area contributed by atoms with Gasteiger partial charge in [-0.05, 0) is 52.6 Å². The van der Waals surface area contributed by atoms with Gasteiger partial charge < -0.3 is 19.2 Å². The molecular weight excluding hydrogens is 372 g/mol. The molecule has 3 N–H and O–H groups in total. The third-order valence-corrected chi connectivity index (χ3v) is 4.60. The van der Waals surface area contributed by atoms with E-state index >= 15 is 0 Å². The summed E-state index contributed by atoms with van der Waals surface area (Å²) in [5.74, 6) is 1.01. The van der Waals surface area contributed by atoms with E-state index in [1.54, 1.807) is 39.1 Å². The molecule has 1 amide bonds. The van der Waals surface area contributed by atoms with Crippen molar-refractivity contribution in [2.75, 3.05) is 21.3 Å². The van der Waals surface area contributed by atoms with Crippen molar-refractivity contribution >= 4 is 28.5 Å². The van der Waals surface area contributed by atoms with Crippen molar-refractivity contribution in [3.63, 3.8) is 0 Å². The number of nitrogens with one attached hydrogen (secondary N) is 2. The molecule has 7 heteroatoms. The fourth-order valence-electron chi connectivity index (χ4n) is 3.09. The summed E-state index contributed by atoms with van der Waals surface area (Å²) in [5.41, 5.74) is 5.79. The summed E-state index contributed by atoms with van der Waals surface area (Å²) < 4.78 is 16.2. The molecule has 2 aromatic carbocycles. The van der Waals surface area contributed by atoms with Crippen LogP contribution in [-0.2, 0) is 4.79 Å². The highest BCUT2D eigenvalue weighted by molar-refractivity contribution is 5.97. The zero-order valence-electron chi connectivity index (χ0n) is 16.4. The third-order valence-electron chi connectivity index (χ3n) is 4.60. The number of hydroxylamine groups is 1. The summed E-state index contributed by atoms with van der Waals surface area (Å²) in [6, 6.07) is 9.57. The minimum absolute atomic E-state index is 0.516. The molecule has 3 rings (SSSR count). The van der Waals surface area contributed by atoms with Gasteiger partial charge in [-0.15, -0.1) is 0 Å². The minimum Gasteiger partial charge on any atom is -0.493 e. The van der Waals surface area contributed by atoms with Crippen molar-refractivity contribution < 1.29 is 24.2 Å². The summed E-state index contributed by atoms with van der Waals surface area (Å²) in [6.45, 7) is 4.23. The zero-order chi connectivity index (χ0) is 21.0. The Morgan fingerprint density at radius 3 is 2.34 bits per heavy atom. The number of hydrogen-bond acceptors (Lipinski definition) is 5. The van der Waals surface area contributed by atoms with Crippen LogP contribution >= 0.6 is 0 Å². The van der Waals surface area contributed by atoms with E-state index in [4.69, 9.17) is 19.4 Å². The van der Waals surface area contributed by atoms with Gasteiger partial charge >= 0.3 is 0 Å². The predicted molar refractivity (Wildman–Crippen MR) is 111 cm³/mol. The molecule has 0 bridgehead atoms. The van der Waals surface area contributed by atoms with Gasteiger partial charge in [-0.1, -0.05) is 12.6 Å². The predicted octanol–water partition coefficient (Wildman–Crippen LogP) is 3.77. The van der Waals surface area contributed by atoms with Crippen LogP contribution in [0.5, 0.6) is 17.2 Å². The van der Waals surface area contributed by atoms with E-state index in [2.05, 4.69) is 11.6 Å². The first-order valence-corrected chi connectivity index (χ1v) is 8.75. The quantitative estimate of drug-likeness (QED) is 0.322. The summed E-state index contributed by atoms with van der Waals surface area (Å²) >= 11 is 0. The highest BCUT2D eigenvalue weighted by Gasteiger charge is 2.15. The maximum atomic E-state index is 11.3. The van der Waals surface area contributed by atoms with Gasteiger partial charge in [0, 0.05) is 23.2 Å². The molecule has 0 atom stereocenters. The second-order valence-corrected chi connectivity index (χ2v) is 6.21. The van der Waals surface area contributed by atoms with Gasteiger partial charge in [0.15, 0.2) is 11.5 Å². The summed E-state index contributed by atoms with van der Waals surface area (Å²) in [7, 11) is 4.69. The minimum atomic E-state index is -0.600. The van der Waals surface area contributed by atoms with E-state index in [-0.39, 0.29) is 0 Å². The molecule has 150 valence electrons. The average molecular weight is 394 g/mol.